The van der Waals surface area contributed by atoms with Crippen molar-refractivity contribution in [3.63, 3.8) is 0 Å². The van der Waals surface area contributed by atoms with Gasteiger partial charge in [-0.1, -0.05) is 6.58 Å². The maximum Gasteiger partial charge on any atom is 0.244 e. The first-order chi connectivity index (χ1) is 5.72. The lowest BCUT2D eigenvalue weighted by atomic mass is 9.96. The van der Waals surface area contributed by atoms with Gasteiger partial charge in [0.1, 0.15) is 0 Å². The van der Waals surface area contributed by atoms with Crippen LogP contribution in [0.25, 0.3) is 0 Å². The molecule has 4 heteroatoms. The molecule has 1 atom stereocenters. The van der Waals surface area contributed by atoms with E-state index < -0.39 is 5.91 Å². The Bertz CT molecular complexity index is 183. The van der Waals surface area contributed by atoms with Crippen molar-refractivity contribution >= 4 is 5.91 Å². The Balaban J connectivity index is 2.48. The smallest absolute Gasteiger partial charge is 0.244 e. The van der Waals surface area contributed by atoms with Gasteiger partial charge >= 0.3 is 0 Å². The van der Waals surface area contributed by atoms with Gasteiger partial charge in [-0.25, -0.2) is 5.48 Å². The van der Waals surface area contributed by atoms with Crippen LogP contribution in [0.4, 0.5) is 0 Å². The summed E-state index contributed by atoms with van der Waals surface area (Å²) in [5.41, 5.74) is 8.35. The zero-order valence-electron chi connectivity index (χ0n) is 7.01. The molecular formula is C8H14N2O2. The monoisotopic (exact) mass is 170 g/mol. The van der Waals surface area contributed by atoms with Crippen LogP contribution < -0.4 is 11.2 Å². The lowest BCUT2D eigenvalue weighted by Gasteiger charge is -2.12. The predicted molar refractivity (Wildman–Crippen MR) is 45.0 cm³/mol. The topological polar surface area (TPSA) is 64.4 Å². The molecule has 0 aromatic carbocycles. The summed E-state index contributed by atoms with van der Waals surface area (Å²) >= 11 is 0. The van der Waals surface area contributed by atoms with Crippen LogP contribution in [0.5, 0.6) is 0 Å². The molecule has 0 radical (unpaired) electrons. The minimum absolute atomic E-state index is 0.0810. The molecule has 1 saturated heterocycles. The molecule has 4 nitrogen and oxygen atoms in total. The molecule has 1 aliphatic rings. The SMILES string of the molecule is C=C(C(N)=O)C1CCCNOC1. The minimum atomic E-state index is -0.425. The Hall–Kier alpha value is -0.870. The van der Waals surface area contributed by atoms with Gasteiger partial charge in [-0.3, -0.25) is 4.79 Å². The number of primary amides is 1. The number of nitrogens with two attached hydrogens (primary N) is 1. The number of hydroxylamine groups is 1. The fraction of sp³-hybridized carbons (Fsp3) is 0.625. The van der Waals surface area contributed by atoms with Crippen molar-refractivity contribution in [2.45, 2.75) is 12.8 Å². The summed E-state index contributed by atoms with van der Waals surface area (Å²) < 4.78 is 0. The normalized spacial score (nSPS) is 24.5. The number of hydrogen-bond donors (Lipinski definition) is 2. The zero-order valence-corrected chi connectivity index (χ0v) is 7.01. The number of carbonyl (C=O) groups excluding carboxylic acids is 1. The molecular weight excluding hydrogens is 156 g/mol. The average molecular weight is 170 g/mol. The maximum absolute atomic E-state index is 10.8. The molecule has 1 heterocycles. The van der Waals surface area contributed by atoms with Crippen LogP contribution in [0.1, 0.15) is 12.8 Å². The van der Waals surface area contributed by atoms with Crippen molar-refractivity contribution in [1.29, 1.82) is 0 Å². The molecule has 3 N–H and O–H groups in total. The lowest BCUT2D eigenvalue weighted by molar-refractivity contribution is -0.115. The van der Waals surface area contributed by atoms with Gasteiger partial charge in [0.2, 0.25) is 5.91 Å². The van der Waals surface area contributed by atoms with E-state index >= 15 is 0 Å². The number of nitrogens with one attached hydrogen (secondary N) is 1. The molecule has 1 fully saturated rings. The van der Waals surface area contributed by atoms with E-state index in [1.807, 2.05) is 0 Å². The predicted octanol–water partition coefficient (Wildman–Crippen LogP) is -0.0409. The molecule has 0 aliphatic carbocycles. The largest absolute Gasteiger partial charge is 0.366 e. The molecule has 1 rings (SSSR count). The van der Waals surface area contributed by atoms with Crippen molar-refractivity contribution < 1.29 is 9.63 Å². The molecule has 0 aromatic rings. The second-order valence-electron chi connectivity index (χ2n) is 2.93. The summed E-state index contributed by atoms with van der Waals surface area (Å²) in [6.45, 7) is 4.95. The first-order valence-electron chi connectivity index (χ1n) is 4.05. The first-order valence-corrected chi connectivity index (χ1v) is 4.05. The molecule has 0 spiro atoms. The van der Waals surface area contributed by atoms with Gasteiger partial charge in [-0.15, -0.1) is 0 Å². The van der Waals surface area contributed by atoms with Crippen LogP contribution >= 0.6 is 0 Å². The standard InChI is InChI=1S/C8H14N2O2/c1-6(8(9)11)7-3-2-4-10-12-5-7/h7,10H,1-5H2,(H2,9,11). The van der Waals surface area contributed by atoms with Crippen LogP contribution in [0.15, 0.2) is 12.2 Å². The van der Waals surface area contributed by atoms with E-state index in [-0.39, 0.29) is 5.92 Å². The van der Waals surface area contributed by atoms with Gasteiger partial charge in [0, 0.05) is 18.0 Å². The van der Waals surface area contributed by atoms with E-state index in [9.17, 15) is 4.79 Å². The molecule has 1 aliphatic heterocycles. The Morgan fingerprint density at radius 1 is 1.67 bits per heavy atom. The zero-order chi connectivity index (χ0) is 8.97. The fourth-order valence-electron chi connectivity index (χ4n) is 1.21. The number of amides is 1. The molecule has 1 unspecified atom stereocenters. The molecule has 12 heavy (non-hydrogen) atoms. The summed E-state index contributed by atoms with van der Waals surface area (Å²) in [6.07, 6.45) is 1.89. The van der Waals surface area contributed by atoms with Gasteiger partial charge in [-0.05, 0) is 12.8 Å². The Kier molecular flexibility index (Phi) is 3.25. The third-order valence-electron chi connectivity index (χ3n) is 2.03. The van der Waals surface area contributed by atoms with Gasteiger partial charge in [0.25, 0.3) is 0 Å². The van der Waals surface area contributed by atoms with Gasteiger partial charge < -0.3 is 10.6 Å². The number of carbonyl (C=O) groups is 1. The van der Waals surface area contributed by atoms with Crippen molar-refractivity contribution in [2.24, 2.45) is 11.7 Å². The van der Waals surface area contributed by atoms with Crippen molar-refractivity contribution in [3.8, 4) is 0 Å². The number of hydrogen-bond acceptors (Lipinski definition) is 3. The van der Waals surface area contributed by atoms with E-state index in [1.54, 1.807) is 0 Å². The maximum atomic E-state index is 10.8. The Morgan fingerprint density at radius 2 is 2.42 bits per heavy atom. The summed E-state index contributed by atoms with van der Waals surface area (Å²) in [6, 6.07) is 0. The highest BCUT2D eigenvalue weighted by molar-refractivity contribution is 5.91. The molecule has 68 valence electrons. The second kappa shape index (κ2) is 4.23. The summed E-state index contributed by atoms with van der Waals surface area (Å²) in [5, 5.41) is 0. The fourth-order valence-corrected chi connectivity index (χ4v) is 1.21. The van der Waals surface area contributed by atoms with Crippen LogP contribution in [0.2, 0.25) is 0 Å². The van der Waals surface area contributed by atoms with Crippen LogP contribution in [0.3, 0.4) is 0 Å². The van der Waals surface area contributed by atoms with Gasteiger partial charge in [0.15, 0.2) is 0 Å². The van der Waals surface area contributed by atoms with E-state index in [2.05, 4.69) is 12.1 Å². The van der Waals surface area contributed by atoms with Crippen molar-refractivity contribution in [1.82, 2.24) is 5.48 Å². The third kappa shape index (κ3) is 2.32. The average Bonchev–Trinajstić information content (AvgIpc) is 2.30. The van der Waals surface area contributed by atoms with E-state index in [0.29, 0.717) is 12.2 Å². The summed E-state index contributed by atoms with van der Waals surface area (Å²) in [4.78, 5) is 15.8. The summed E-state index contributed by atoms with van der Waals surface area (Å²) in [5.74, 6) is -0.344. The molecule has 0 aromatic heterocycles. The third-order valence-corrected chi connectivity index (χ3v) is 2.03. The van der Waals surface area contributed by atoms with E-state index in [4.69, 9.17) is 10.6 Å². The van der Waals surface area contributed by atoms with Crippen LogP contribution in [-0.2, 0) is 9.63 Å². The first kappa shape index (κ1) is 9.22. The second-order valence-corrected chi connectivity index (χ2v) is 2.93. The van der Waals surface area contributed by atoms with Crippen LogP contribution in [0, 0.1) is 5.92 Å². The summed E-state index contributed by atoms with van der Waals surface area (Å²) in [7, 11) is 0. The lowest BCUT2D eigenvalue weighted by Crippen LogP contribution is -2.23. The van der Waals surface area contributed by atoms with Crippen molar-refractivity contribution in [2.75, 3.05) is 13.2 Å². The highest BCUT2D eigenvalue weighted by Crippen LogP contribution is 2.17. The minimum Gasteiger partial charge on any atom is -0.366 e. The van der Waals surface area contributed by atoms with Gasteiger partial charge in [0.05, 0.1) is 6.61 Å². The highest BCUT2D eigenvalue weighted by atomic mass is 16.6. The molecule has 1 amide bonds. The molecule has 0 saturated carbocycles. The van der Waals surface area contributed by atoms with Crippen LogP contribution in [-0.4, -0.2) is 19.1 Å². The number of rotatable bonds is 2. The van der Waals surface area contributed by atoms with E-state index in [1.165, 1.54) is 0 Å². The van der Waals surface area contributed by atoms with Gasteiger partial charge in [-0.2, -0.15) is 0 Å². The molecule has 0 bridgehead atoms. The highest BCUT2D eigenvalue weighted by Gasteiger charge is 2.18. The van der Waals surface area contributed by atoms with E-state index in [0.717, 1.165) is 19.4 Å². The van der Waals surface area contributed by atoms with Crippen molar-refractivity contribution in [3.05, 3.63) is 12.2 Å². The Morgan fingerprint density at radius 3 is 3.08 bits per heavy atom. The Labute approximate surface area is 71.7 Å². The quantitative estimate of drug-likeness (QED) is 0.571.